The van der Waals surface area contributed by atoms with Crippen LogP contribution in [0.15, 0.2) is 77.9 Å². The highest BCUT2D eigenvalue weighted by atomic mass is 32.1. The molecule has 0 spiro atoms. The Balaban J connectivity index is 1.63. The number of rotatable bonds is 6. The normalized spacial score (nSPS) is 11.8. The minimum Gasteiger partial charge on any atom is -0.356 e. The smallest absolute Gasteiger partial charge is 0.253 e. The van der Waals surface area contributed by atoms with Gasteiger partial charge in [-0.15, -0.1) is 0 Å². The Morgan fingerprint density at radius 1 is 1.09 bits per heavy atom. The third kappa shape index (κ3) is 5.29. The van der Waals surface area contributed by atoms with Crippen LogP contribution in [0.3, 0.4) is 0 Å². The van der Waals surface area contributed by atoms with Crippen molar-refractivity contribution in [1.29, 1.82) is 0 Å². The zero-order valence-corrected chi connectivity index (χ0v) is 19.9. The van der Waals surface area contributed by atoms with Crippen molar-refractivity contribution >= 4 is 28.2 Å². The predicted molar refractivity (Wildman–Crippen MR) is 138 cm³/mol. The molecule has 2 aromatic heterocycles. The highest BCUT2D eigenvalue weighted by Gasteiger charge is 2.17. The molecule has 0 aliphatic rings. The number of aromatic nitrogens is 2. The summed E-state index contributed by atoms with van der Waals surface area (Å²) in [6.07, 6.45) is 3.58. The number of hydrogen-bond donors (Lipinski definition) is 2. The highest BCUT2D eigenvalue weighted by molar-refractivity contribution is 7.80. The van der Waals surface area contributed by atoms with E-state index in [1.807, 2.05) is 54.4 Å². The maximum absolute atomic E-state index is 13.0. The molecule has 1 atom stereocenters. The van der Waals surface area contributed by atoms with Crippen LogP contribution >= 0.6 is 12.2 Å². The molecule has 0 saturated heterocycles. The second-order valence-corrected chi connectivity index (χ2v) is 8.78. The fourth-order valence-corrected chi connectivity index (χ4v) is 4.21. The van der Waals surface area contributed by atoms with Crippen LogP contribution in [0.2, 0.25) is 0 Å². The Bertz CT molecular complexity index is 1320. The lowest BCUT2D eigenvalue weighted by Gasteiger charge is -2.28. The Morgan fingerprint density at radius 2 is 1.88 bits per heavy atom. The molecule has 0 bridgehead atoms. The molecule has 4 rings (SSSR count). The first-order chi connectivity index (χ1) is 15.9. The first-order valence-corrected chi connectivity index (χ1v) is 11.4. The Hall–Kier alpha value is -3.51. The molecule has 33 heavy (non-hydrogen) atoms. The highest BCUT2D eigenvalue weighted by Crippen LogP contribution is 2.20. The summed E-state index contributed by atoms with van der Waals surface area (Å²) in [5.41, 5.74) is 5.90. The molecule has 4 aromatic rings. The van der Waals surface area contributed by atoms with Gasteiger partial charge in [0.1, 0.15) is 0 Å². The van der Waals surface area contributed by atoms with Gasteiger partial charge in [-0.05, 0) is 72.8 Å². The SMILES string of the molecule is Cc1ccc2cc(CN(Cc3cccnc3)C(=S)N[C@@H](C)c3ccccc3)c(=O)[nH]c2c1C. The van der Waals surface area contributed by atoms with Gasteiger partial charge in [0.25, 0.3) is 5.56 Å². The molecular formula is C27H28N4OS. The number of nitrogens with one attached hydrogen (secondary N) is 2. The first kappa shape index (κ1) is 22.7. The molecule has 0 unspecified atom stereocenters. The Morgan fingerprint density at radius 3 is 2.61 bits per heavy atom. The summed E-state index contributed by atoms with van der Waals surface area (Å²) in [4.78, 5) is 22.3. The average Bonchev–Trinajstić information content (AvgIpc) is 2.83. The molecule has 0 fully saturated rings. The maximum Gasteiger partial charge on any atom is 0.253 e. The number of thiocarbonyl (C=S) groups is 1. The number of aryl methyl sites for hydroxylation is 2. The summed E-state index contributed by atoms with van der Waals surface area (Å²) in [6.45, 7) is 7.10. The molecule has 2 aromatic carbocycles. The summed E-state index contributed by atoms with van der Waals surface area (Å²) < 4.78 is 0. The van der Waals surface area contributed by atoms with E-state index in [0.717, 1.165) is 33.2 Å². The molecule has 5 nitrogen and oxygen atoms in total. The minimum absolute atomic E-state index is 0.0376. The molecule has 0 aliphatic carbocycles. The largest absolute Gasteiger partial charge is 0.356 e. The zero-order chi connectivity index (χ0) is 23.4. The van der Waals surface area contributed by atoms with Crippen molar-refractivity contribution in [3.8, 4) is 0 Å². The topological polar surface area (TPSA) is 61.0 Å². The zero-order valence-electron chi connectivity index (χ0n) is 19.1. The van der Waals surface area contributed by atoms with Gasteiger partial charge in [0.05, 0.1) is 18.1 Å². The number of benzene rings is 2. The van der Waals surface area contributed by atoms with Gasteiger partial charge in [-0.2, -0.15) is 0 Å². The number of aromatic amines is 1. The summed E-state index contributed by atoms with van der Waals surface area (Å²) in [6, 6.07) is 20.2. The minimum atomic E-state index is -0.0914. The van der Waals surface area contributed by atoms with Crippen molar-refractivity contribution in [2.24, 2.45) is 0 Å². The van der Waals surface area contributed by atoms with Crippen molar-refractivity contribution in [3.05, 3.63) is 111 Å². The van der Waals surface area contributed by atoms with Gasteiger partial charge in [0.2, 0.25) is 0 Å². The van der Waals surface area contributed by atoms with Gasteiger partial charge in [-0.3, -0.25) is 9.78 Å². The molecular weight excluding hydrogens is 428 g/mol. The summed E-state index contributed by atoms with van der Waals surface area (Å²) in [5.74, 6) is 0. The monoisotopic (exact) mass is 456 g/mol. The summed E-state index contributed by atoms with van der Waals surface area (Å²) >= 11 is 5.81. The lowest BCUT2D eigenvalue weighted by Crippen LogP contribution is -2.41. The van der Waals surface area contributed by atoms with Crippen LogP contribution in [0, 0.1) is 13.8 Å². The van der Waals surface area contributed by atoms with Crippen LogP contribution in [-0.2, 0) is 13.1 Å². The van der Waals surface area contributed by atoms with Crippen molar-refractivity contribution in [2.45, 2.75) is 39.9 Å². The molecule has 2 N–H and O–H groups in total. The number of fused-ring (bicyclic) bond motifs is 1. The second kappa shape index (κ2) is 9.96. The maximum atomic E-state index is 13.0. The number of hydrogen-bond acceptors (Lipinski definition) is 3. The Labute approximate surface area is 199 Å². The van der Waals surface area contributed by atoms with Gasteiger partial charge in [-0.1, -0.05) is 48.5 Å². The van der Waals surface area contributed by atoms with Crippen LogP contribution in [0.1, 0.15) is 40.8 Å². The fourth-order valence-electron chi connectivity index (χ4n) is 3.91. The van der Waals surface area contributed by atoms with Crippen LogP contribution in [0.4, 0.5) is 0 Å². The van der Waals surface area contributed by atoms with Gasteiger partial charge in [0.15, 0.2) is 5.11 Å². The lowest BCUT2D eigenvalue weighted by atomic mass is 10.0. The standard InChI is InChI=1S/C27H28N4OS/c1-18-11-12-23-14-24(26(32)30-25(23)19(18)2)17-31(16-21-8-7-13-28-15-21)27(33)29-20(3)22-9-5-4-6-10-22/h4-15,20H,16-17H2,1-3H3,(H,29,33)(H,30,32)/t20-/m0/s1. The van der Waals surface area contributed by atoms with Gasteiger partial charge in [-0.25, -0.2) is 0 Å². The lowest BCUT2D eigenvalue weighted by molar-refractivity contribution is 0.391. The second-order valence-electron chi connectivity index (χ2n) is 8.39. The van der Waals surface area contributed by atoms with E-state index < -0.39 is 0 Å². The number of H-pyrrole nitrogens is 1. The third-order valence-electron chi connectivity index (χ3n) is 6.01. The van der Waals surface area contributed by atoms with E-state index in [-0.39, 0.29) is 11.6 Å². The molecule has 6 heteroatoms. The van der Waals surface area contributed by atoms with E-state index >= 15 is 0 Å². The third-order valence-corrected chi connectivity index (χ3v) is 6.39. The van der Waals surface area contributed by atoms with Crippen LogP contribution in [-0.4, -0.2) is 20.0 Å². The van der Waals surface area contributed by atoms with Crippen molar-refractivity contribution in [2.75, 3.05) is 0 Å². The quantitative estimate of drug-likeness (QED) is 0.392. The first-order valence-electron chi connectivity index (χ1n) is 11.0. The molecule has 0 radical (unpaired) electrons. The van der Waals surface area contributed by atoms with Crippen LogP contribution in [0.5, 0.6) is 0 Å². The predicted octanol–water partition coefficient (Wildman–Crippen LogP) is 5.18. The fraction of sp³-hybridized carbons (Fsp3) is 0.222. The number of pyridine rings is 2. The van der Waals surface area contributed by atoms with E-state index in [1.165, 1.54) is 0 Å². The van der Waals surface area contributed by atoms with E-state index in [9.17, 15) is 4.79 Å². The van der Waals surface area contributed by atoms with Crippen molar-refractivity contribution < 1.29 is 0 Å². The molecule has 0 aliphatic heterocycles. The summed E-state index contributed by atoms with van der Waals surface area (Å²) in [7, 11) is 0. The van der Waals surface area contributed by atoms with E-state index in [0.29, 0.717) is 23.8 Å². The van der Waals surface area contributed by atoms with E-state index in [2.05, 4.69) is 53.4 Å². The van der Waals surface area contributed by atoms with Gasteiger partial charge >= 0.3 is 0 Å². The van der Waals surface area contributed by atoms with Crippen LogP contribution < -0.4 is 10.9 Å². The molecule has 2 heterocycles. The van der Waals surface area contributed by atoms with Gasteiger partial charge < -0.3 is 15.2 Å². The average molecular weight is 457 g/mol. The van der Waals surface area contributed by atoms with Crippen molar-refractivity contribution in [3.63, 3.8) is 0 Å². The molecule has 0 saturated carbocycles. The number of nitrogens with zero attached hydrogens (tertiary/aromatic N) is 2. The van der Waals surface area contributed by atoms with Crippen LogP contribution in [0.25, 0.3) is 10.9 Å². The van der Waals surface area contributed by atoms with E-state index in [4.69, 9.17) is 12.2 Å². The van der Waals surface area contributed by atoms with Gasteiger partial charge in [0, 0.05) is 24.5 Å². The summed E-state index contributed by atoms with van der Waals surface area (Å²) in [5, 5.41) is 5.05. The Kier molecular flexibility index (Phi) is 6.84. The molecule has 0 amide bonds. The molecule has 168 valence electrons. The van der Waals surface area contributed by atoms with Crippen molar-refractivity contribution in [1.82, 2.24) is 20.2 Å². The van der Waals surface area contributed by atoms with E-state index in [1.54, 1.807) is 6.20 Å².